The molecule has 0 bridgehead atoms. The largest absolute Gasteiger partial charge is 0.444 e. The second kappa shape index (κ2) is 9.72. The summed E-state index contributed by atoms with van der Waals surface area (Å²) in [4.78, 5) is 14.2. The minimum atomic E-state index is -0.799. The summed E-state index contributed by atoms with van der Waals surface area (Å²) in [5.74, 6) is 0. The maximum atomic E-state index is 12.6. The van der Waals surface area contributed by atoms with Gasteiger partial charge in [-0.25, -0.2) is 4.79 Å². The van der Waals surface area contributed by atoms with Crippen LogP contribution in [-0.2, 0) is 20.8 Å². The maximum absolute atomic E-state index is 12.6. The van der Waals surface area contributed by atoms with E-state index in [1.807, 2.05) is 65.0 Å². The summed E-state index contributed by atoms with van der Waals surface area (Å²) < 4.78 is 17.0. The minimum Gasteiger partial charge on any atom is -0.444 e. The summed E-state index contributed by atoms with van der Waals surface area (Å²) in [6.45, 7) is 10.7. The molecule has 0 aromatic heterocycles. The van der Waals surface area contributed by atoms with Crippen molar-refractivity contribution in [3.05, 3.63) is 35.9 Å². The van der Waals surface area contributed by atoms with Gasteiger partial charge in [-0.3, -0.25) is 4.90 Å². The number of rotatable bonds is 8. The van der Waals surface area contributed by atoms with Gasteiger partial charge in [0.1, 0.15) is 11.3 Å². The molecule has 6 nitrogen and oxygen atoms in total. The number of ether oxygens (including phenoxy) is 3. The van der Waals surface area contributed by atoms with E-state index in [4.69, 9.17) is 14.2 Å². The SMILES string of the molecule is CC(C)(C)OC(=O)N1[C@H](C(O)CCCCOCc2ccccc2)COC1(C)C. The number of aliphatic hydroxyl groups excluding tert-OH is 1. The molecule has 1 fully saturated rings. The van der Waals surface area contributed by atoms with E-state index >= 15 is 0 Å². The van der Waals surface area contributed by atoms with Gasteiger partial charge in [0.2, 0.25) is 0 Å². The predicted octanol–water partition coefficient (Wildman–Crippen LogP) is 4.11. The lowest BCUT2D eigenvalue weighted by Gasteiger charge is -2.36. The van der Waals surface area contributed by atoms with Gasteiger partial charge in [0.05, 0.1) is 25.4 Å². The molecule has 1 saturated heterocycles. The molecule has 1 aliphatic heterocycles. The molecule has 1 amide bonds. The molecule has 0 spiro atoms. The van der Waals surface area contributed by atoms with Crippen molar-refractivity contribution in [2.45, 2.75) is 84.0 Å². The van der Waals surface area contributed by atoms with E-state index in [2.05, 4.69) is 0 Å². The van der Waals surface area contributed by atoms with E-state index < -0.39 is 29.6 Å². The molecule has 0 saturated carbocycles. The van der Waals surface area contributed by atoms with Gasteiger partial charge in [-0.1, -0.05) is 30.3 Å². The number of amides is 1. The number of carbonyl (C=O) groups is 1. The lowest BCUT2D eigenvalue weighted by atomic mass is 10.0. The van der Waals surface area contributed by atoms with Crippen molar-refractivity contribution in [3.8, 4) is 0 Å². The first-order chi connectivity index (χ1) is 13.1. The van der Waals surface area contributed by atoms with Crippen molar-refractivity contribution >= 4 is 6.09 Å². The highest BCUT2D eigenvalue weighted by molar-refractivity contribution is 5.69. The Kier molecular flexibility index (Phi) is 7.87. The first-order valence-electron chi connectivity index (χ1n) is 10.1. The fraction of sp³-hybridized carbons (Fsp3) is 0.682. The number of unbranched alkanes of at least 4 members (excludes halogenated alkanes) is 1. The van der Waals surface area contributed by atoms with Crippen LogP contribution in [0.5, 0.6) is 0 Å². The van der Waals surface area contributed by atoms with Gasteiger partial charge in [-0.15, -0.1) is 0 Å². The maximum Gasteiger partial charge on any atom is 0.412 e. The standard InChI is InChI=1S/C22H35NO5/c1-21(2,3)28-20(25)23-18(16-27-22(23,4)5)19(24)13-9-10-14-26-15-17-11-7-6-8-12-17/h6-8,11-12,18-19,24H,9-10,13-16H2,1-5H3/t18-,19?/m0/s1. The van der Waals surface area contributed by atoms with Gasteiger partial charge in [-0.2, -0.15) is 0 Å². The smallest absolute Gasteiger partial charge is 0.412 e. The average molecular weight is 394 g/mol. The zero-order chi connectivity index (χ0) is 20.8. The normalized spacial score (nSPS) is 20.2. The Morgan fingerprint density at radius 3 is 2.61 bits per heavy atom. The van der Waals surface area contributed by atoms with Gasteiger partial charge in [0.25, 0.3) is 0 Å². The number of benzene rings is 1. The van der Waals surface area contributed by atoms with Crippen molar-refractivity contribution in [2.24, 2.45) is 0 Å². The van der Waals surface area contributed by atoms with Crippen LogP contribution in [0.2, 0.25) is 0 Å². The van der Waals surface area contributed by atoms with Crippen molar-refractivity contribution < 1.29 is 24.1 Å². The zero-order valence-electron chi connectivity index (χ0n) is 17.8. The number of aliphatic hydroxyl groups is 1. The fourth-order valence-corrected chi connectivity index (χ4v) is 3.30. The second-order valence-corrected chi connectivity index (χ2v) is 8.78. The number of carbonyl (C=O) groups excluding carboxylic acids is 1. The molecule has 0 aliphatic carbocycles. The topological polar surface area (TPSA) is 68.2 Å². The Balaban J connectivity index is 1.76. The number of nitrogens with zero attached hydrogens (tertiary/aromatic N) is 1. The Hall–Kier alpha value is -1.63. The third kappa shape index (κ3) is 6.76. The van der Waals surface area contributed by atoms with E-state index in [0.29, 0.717) is 26.2 Å². The molecule has 0 radical (unpaired) electrons. The van der Waals surface area contributed by atoms with Crippen LogP contribution in [0.3, 0.4) is 0 Å². The van der Waals surface area contributed by atoms with E-state index in [1.54, 1.807) is 0 Å². The minimum absolute atomic E-state index is 0.303. The van der Waals surface area contributed by atoms with E-state index in [-0.39, 0.29) is 0 Å². The Morgan fingerprint density at radius 1 is 1.29 bits per heavy atom. The molecule has 1 N–H and O–H groups in total. The van der Waals surface area contributed by atoms with Gasteiger partial charge >= 0.3 is 6.09 Å². The molecule has 1 aromatic rings. The van der Waals surface area contributed by atoms with Gasteiger partial charge in [0, 0.05) is 6.61 Å². The molecule has 1 aliphatic rings. The zero-order valence-corrected chi connectivity index (χ0v) is 17.8. The first-order valence-corrected chi connectivity index (χ1v) is 10.1. The Labute approximate surface area is 168 Å². The molecule has 1 heterocycles. The van der Waals surface area contributed by atoms with Crippen molar-refractivity contribution in [2.75, 3.05) is 13.2 Å². The van der Waals surface area contributed by atoms with E-state index in [9.17, 15) is 9.90 Å². The van der Waals surface area contributed by atoms with Crippen molar-refractivity contribution in [1.82, 2.24) is 4.90 Å². The third-order valence-corrected chi connectivity index (χ3v) is 4.70. The van der Waals surface area contributed by atoms with Crippen molar-refractivity contribution in [1.29, 1.82) is 0 Å². The van der Waals surface area contributed by atoms with Crippen LogP contribution in [0.15, 0.2) is 30.3 Å². The fourth-order valence-electron chi connectivity index (χ4n) is 3.30. The molecular formula is C22H35NO5. The number of hydrogen-bond acceptors (Lipinski definition) is 5. The monoisotopic (exact) mass is 393 g/mol. The molecule has 1 aromatic carbocycles. The summed E-state index contributed by atoms with van der Waals surface area (Å²) in [6, 6.07) is 9.65. The summed E-state index contributed by atoms with van der Waals surface area (Å²) in [6.07, 6.45) is 1.13. The van der Waals surface area contributed by atoms with Crippen LogP contribution in [0, 0.1) is 0 Å². The highest BCUT2D eigenvalue weighted by Crippen LogP contribution is 2.32. The van der Waals surface area contributed by atoms with Gasteiger partial charge in [-0.05, 0) is 59.4 Å². The van der Waals surface area contributed by atoms with Crippen LogP contribution in [-0.4, -0.2) is 52.8 Å². The highest BCUT2D eigenvalue weighted by Gasteiger charge is 2.48. The van der Waals surface area contributed by atoms with Gasteiger partial charge < -0.3 is 19.3 Å². The van der Waals surface area contributed by atoms with E-state index in [1.165, 1.54) is 4.90 Å². The second-order valence-electron chi connectivity index (χ2n) is 8.78. The molecule has 28 heavy (non-hydrogen) atoms. The predicted molar refractivity (Wildman–Crippen MR) is 108 cm³/mol. The molecule has 6 heteroatoms. The third-order valence-electron chi connectivity index (χ3n) is 4.70. The van der Waals surface area contributed by atoms with Crippen LogP contribution < -0.4 is 0 Å². The van der Waals surface area contributed by atoms with Crippen LogP contribution >= 0.6 is 0 Å². The summed E-state index contributed by atoms with van der Waals surface area (Å²) in [7, 11) is 0. The highest BCUT2D eigenvalue weighted by atomic mass is 16.6. The Morgan fingerprint density at radius 2 is 1.96 bits per heavy atom. The van der Waals surface area contributed by atoms with E-state index in [0.717, 1.165) is 18.4 Å². The molecule has 158 valence electrons. The summed E-state index contributed by atoms with van der Waals surface area (Å²) in [5, 5.41) is 10.7. The molecule has 2 rings (SSSR count). The molecule has 2 atom stereocenters. The first kappa shape index (κ1) is 22.7. The summed E-state index contributed by atoms with van der Waals surface area (Å²) >= 11 is 0. The van der Waals surface area contributed by atoms with Crippen molar-refractivity contribution in [3.63, 3.8) is 0 Å². The Bertz CT molecular complexity index is 611. The van der Waals surface area contributed by atoms with Crippen LogP contribution in [0.25, 0.3) is 0 Å². The molecule has 1 unspecified atom stereocenters. The average Bonchev–Trinajstić information content (AvgIpc) is 2.92. The van der Waals surface area contributed by atoms with Crippen LogP contribution in [0.4, 0.5) is 4.79 Å². The quantitative estimate of drug-likeness (QED) is 0.673. The van der Waals surface area contributed by atoms with Gasteiger partial charge in [0.15, 0.2) is 0 Å². The van der Waals surface area contributed by atoms with Crippen LogP contribution in [0.1, 0.15) is 59.4 Å². The number of hydrogen-bond donors (Lipinski definition) is 1. The lowest BCUT2D eigenvalue weighted by molar-refractivity contribution is -0.0682. The summed E-state index contributed by atoms with van der Waals surface area (Å²) in [5.41, 5.74) is -0.241. The molecular weight excluding hydrogens is 358 g/mol. The lowest BCUT2D eigenvalue weighted by Crippen LogP contribution is -2.53.